The minimum absolute atomic E-state index is 1.19. The zero-order valence-electron chi connectivity index (χ0n) is 14.7. The molecule has 5 rings (SSSR count). The molecule has 0 saturated carbocycles. The lowest BCUT2D eigenvalue weighted by Gasteiger charge is -2.12. The molecule has 0 aliphatic carbocycles. The van der Waals surface area contributed by atoms with Crippen molar-refractivity contribution in [2.24, 2.45) is 0 Å². The number of aryl methyl sites for hydroxylation is 1. The molecule has 0 N–H and O–H groups in total. The van der Waals surface area contributed by atoms with Crippen molar-refractivity contribution in [2.45, 2.75) is 6.92 Å². The number of aromatic nitrogens is 2. The third-order valence-corrected chi connectivity index (χ3v) is 5.05. The maximum atomic E-state index is 2.34. The lowest BCUT2D eigenvalue weighted by molar-refractivity contribution is -0.479. The fourth-order valence-electron chi connectivity index (χ4n) is 3.75. The molecule has 3 heteroatoms. The van der Waals surface area contributed by atoms with Gasteiger partial charge in [0.25, 0.3) is 5.65 Å². The van der Waals surface area contributed by atoms with E-state index in [-0.39, 0.29) is 0 Å². The summed E-state index contributed by atoms with van der Waals surface area (Å²) in [6, 6.07) is 22.1. The summed E-state index contributed by atoms with van der Waals surface area (Å²) in [5.41, 5.74) is 7.38. The summed E-state index contributed by atoms with van der Waals surface area (Å²) >= 11 is 0. The Kier molecular flexibility index (Phi) is 2.84. The van der Waals surface area contributed by atoms with E-state index in [1.54, 1.807) is 0 Å². The molecule has 0 atom stereocenters. The van der Waals surface area contributed by atoms with Crippen molar-refractivity contribution in [3.63, 3.8) is 0 Å². The third kappa shape index (κ3) is 2.02. The van der Waals surface area contributed by atoms with Crippen LogP contribution in [0.25, 0.3) is 33.0 Å². The van der Waals surface area contributed by atoms with Gasteiger partial charge >= 0.3 is 0 Å². The number of pyridine rings is 2. The summed E-state index contributed by atoms with van der Waals surface area (Å²) in [5, 5.41) is 2.52. The van der Waals surface area contributed by atoms with Gasteiger partial charge in [-0.1, -0.05) is 11.6 Å². The van der Waals surface area contributed by atoms with Crippen molar-refractivity contribution in [3.8, 4) is 0 Å². The molecule has 0 unspecified atom stereocenters. The van der Waals surface area contributed by atoms with Crippen molar-refractivity contribution < 1.29 is 4.40 Å². The quantitative estimate of drug-likeness (QED) is 0.417. The highest BCUT2D eigenvalue weighted by Gasteiger charge is 2.17. The van der Waals surface area contributed by atoms with E-state index in [2.05, 4.69) is 102 Å². The minimum Gasteiger partial charge on any atom is -0.378 e. The van der Waals surface area contributed by atoms with Gasteiger partial charge in [0.15, 0.2) is 5.52 Å². The van der Waals surface area contributed by atoms with Gasteiger partial charge in [0, 0.05) is 36.6 Å². The normalized spacial score (nSPS) is 11.8. The van der Waals surface area contributed by atoms with E-state index in [9.17, 15) is 0 Å². The number of rotatable bonds is 1. The molecule has 0 spiro atoms. The Morgan fingerprint density at radius 3 is 2.52 bits per heavy atom. The van der Waals surface area contributed by atoms with E-state index in [0.717, 1.165) is 0 Å². The van der Waals surface area contributed by atoms with Gasteiger partial charge in [0.1, 0.15) is 17.2 Å². The van der Waals surface area contributed by atoms with Crippen molar-refractivity contribution in [2.75, 3.05) is 19.0 Å². The lowest BCUT2D eigenvalue weighted by Crippen LogP contribution is -2.19. The average Bonchev–Trinajstić information content (AvgIpc) is 3.00. The van der Waals surface area contributed by atoms with Crippen molar-refractivity contribution in [3.05, 3.63) is 72.4 Å². The van der Waals surface area contributed by atoms with E-state index < -0.39 is 0 Å². The summed E-state index contributed by atoms with van der Waals surface area (Å²) in [7, 11) is 4.16. The first-order valence-electron chi connectivity index (χ1n) is 8.58. The van der Waals surface area contributed by atoms with Crippen LogP contribution in [0, 0.1) is 6.92 Å². The van der Waals surface area contributed by atoms with Crippen LogP contribution >= 0.6 is 0 Å². The van der Waals surface area contributed by atoms with Gasteiger partial charge in [-0.3, -0.25) is 0 Å². The van der Waals surface area contributed by atoms with Gasteiger partial charge in [0.2, 0.25) is 0 Å². The number of benzene rings is 2. The van der Waals surface area contributed by atoms with Crippen LogP contribution in [-0.2, 0) is 0 Å². The van der Waals surface area contributed by atoms with Gasteiger partial charge in [0.05, 0.1) is 0 Å². The Bertz CT molecular complexity index is 1280. The predicted molar refractivity (Wildman–Crippen MR) is 105 cm³/mol. The maximum Gasteiger partial charge on any atom is 0.292 e. The number of imidazole rings is 1. The fourth-order valence-corrected chi connectivity index (χ4v) is 3.75. The molecule has 3 nitrogen and oxygen atoms in total. The molecule has 0 bridgehead atoms. The van der Waals surface area contributed by atoms with Gasteiger partial charge in [-0.15, -0.1) is 0 Å². The number of hydrogen-bond acceptors (Lipinski definition) is 1. The van der Waals surface area contributed by atoms with E-state index >= 15 is 0 Å². The lowest BCUT2D eigenvalue weighted by atomic mass is 10.1. The second-order valence-electron chi connectivity index (χ2n) is 6.98. The van der Waals surface area contributed by atoms with Crippen LogP contribution in [0.15, 0.2) is 66.9 Å². The Hall–Kier alpha value is -3.07. The van der Waals surface area contributed by atoms with Crippen molar-refractivity contribution >= 4 is 38.7 Å². The molecule has 122 valence electrons. The molecule has 25 heavy (non-hydrogen) atoms. The minimum atomic E-state index is 1.19. The number of nitrogens with zero attached hydrogens (tertiary/aromatic N) is 3. The third-order valence-electron chi connectivity index (χ3n) is 5.05. The molecular weight excluding hydrogens is 306 g/mol. The van der Waals surface area contributed by atoms with Crippen molar-refractivity contribution in [1.29, 1.82) is 0 Å². The SMILES string of the molecule is Cc1ccc2c(ccc3n4c(ccc5cc(N(C)C)ccc54)c[n+]23)c1. The monoisotopic (exact) mass is 326 g/mol. The summed E-state index contributed by atoms with van der Waals surface area (Å²) < 4.78 is 4.64. The summed E-state index contributed by atoms with van der Waals surface area (Å²) in [4.78, 5) is 2.14. The average molecular weight is 326 g/mol. The van der Waals surface area contributed by atoms with E-state index in [1.807, 2.05) is 0 Å². The number of anilines is 1. The molecule has 2 aromatic carbocycles. The predicted octanol–water partition coefficient (Wildman–Crippen LogP) is 4.36. The standard InChI is InChI=1S/C22H20N3/c1-15-4-9-20-16(12-15)6-11-22-24(20)14-19-7-5-17-13-18(23(2)3)8-10-21(17)25(19)22/h4-14H,1-3H3/q+1. The smallest absolute Gasteiger partial charge is 0.292 e. The van der Waals surface area contributed by atoms with Crippen LogP contribution in [0.4, 0.5) is 5.69 Å². The first-order valence-corrected chi connectivity index (χ1v) is 8.58. The molecule has 3 aromatic heterocycles. The Morgan fingerprint density at radius 1 is 0.840 bits per heavy atom. The first kappa shape index (κ1) is 14.3. The van der Waals surface area contributed by atoms with Gasteiger partial charge in [-0.25, -0.2) is 0 Å². The maximum absolute atomic E-state index is 2.34. The Morgan fingerprint density at radius 2 is 1.68 bits per heavy atom. The van der Waals surface area contributed by atoms with E-state index in [1.165, 1.54) is 44.2 Å². The van der Waals surface area contributed by atoms with Crippen LogP contribution in [0.2, 0.25) is 0 Å². The Labute approximate surface area is 146 Å². The van der Waals surface area contributed by atoms with Gasteiger partial charge in [-0.2, -0.15) is 8.80 Å². The molecule has 0 aliphatic rings. The highest BCUT2D eigenvalue weighted by molar-refractivity contribution is 5.88. The molecule has 0 radical (unpaired) electrons. The molecule has 0 fully saturated rings. The van der Waals surface area contributed by atoms with Crippen LogP contribution in [-0.4, -0.2) is 18.5 Å². The first-order chi connectivity index (χ1) is 12.1. The molecule has 3 heterocycles. The largest absolute Gasteiger partial charge is 0.378 e. The molecular formula is C22H20N3+. The van der Waals surface area contributed by atoms with Crippen LogP contribution in [0.1, 0.15) is 5.56 Å². The fraction of sp³-hybridized carbons (Fsp3) is 0.136. The molecule has 0 amide bonds. The molecule has 0 aliphatic heterocycles. The summed E-state index contributed by atoms with van der Waals surface area (Å²) in [6.45, 7) is 2.14. The van der Waals surface area contributed by atoms with E-state index in [0.29, 0.717) is 0 Å². The number of fused-ring (bicyclic) bond motifs is 7. The highest BCUT2D eigenvalue weighted by Crippen LogP contribution is 2.24. The highest BCUT2D eigenvalue weighted by atomic mass is 15.1. The Balaban J connectivity index is 1.93. The summed E-state index contributed by atoms with van der Waals surface area (Å²) in [6.07, 6.45) is 2.23. The zero-order valence-corrected chi connectivity index (χ0v) is 14.7. The van der Waals surface area contributed by atoms with Crippen molar-refractivity contribution in [1.82, 2.24) is 4.40 Å². The number of hydrogen-bond donors (Lipinski definition) is 0. The van der Waals surface area contributed by atoms with Crippen LogP contribution in [0.3, 0.4) is 0 Å². The topological polar surface area (TPSA) is 11.8 Å². The van der Waals surface area contributed by atoms with E-state index in [4.69, 9.17) is 0 Å². The van der Waals surface area contributed by atoms with Gasteiger partial charge < -0.3 is 4.90 Å². The second kappa shape index (κ2) is 4.96. The molecule has 0 saturated heterocycles. The second-order valence-corrected chi connectivity index (χ2v) is 6.98. The van der Waals surface area contributed by atoms with Gasteiger partial charge in [-0.05, 0) is 55.5 Å². The van der Waals surface area contributed by atoms with Crippen LogP contribution < -0.4 is 9.30 Å². The van der Waals surface area contributed by atoms with Crippen LogP contribution in [0.5, 0.6) is 0 Å². The summed E-state index contributed by atoms with van der Waals surface area (Å²) in [5.74, 6) is 0. The molecule has 5 aromatic rings. The zero-order chi connectivity index (χ0) is 17.1.